The fourth-order valence-electron chi connectivity index (χ4n) is 1.97. The van der Waals surface area contributed by atoms with Crippen molar-refractivity contribution >= 4 is 27.4 Å². The zero-order valence-corrected chi connectivity index (χ0v) is 12.0. The molecule has 0 saturated heterocycles. The first-order valence-electron chi connectivity index (χ1n) is 6.10. The van der Waals surface area contributed by atoms with E-state index < -0.39 is 0 Å². The zero-order chi connectivity index (χ0) is 13.1. The van der Waals surface area contributed by atoms with Gasteiger partial charge in [-0.2, -0.15) is 0 Å². The zero-order valence-electron chi connectivity index (χ0n) is 10.4. The quantitative estimate of drug-likeness (QED) is 0.613. The first-order valence-corrected chi connectivity index (χ1v) is 6.90. The molecule has 0 bridgehead atoms. The van der Waals surface area contributed by atoms with E-state index in [1.807, 2.05) is 18.2 Å². The number of hydrogen-bond donors (Lipinski definition) is 0. The Balaban J connectivity index is 2.21. The molecule has 1 aromatic carbocycles. The second kappa shape index (κ2) is 5.58. The molecule has 1 aromatic rings. The number of carbonyl (C=O) groups is 1. The lowest BCUT2D eigenvalue weighted by atomic mass is 10.1. The summed E-state index contributed by atoms with van der Waals surface area (Å²) in [5, 5.41) is 0. The highest BCUT2D eigenvalue weighted by Gasteiger charge is 2.24. The Morgan fingerprint density at radius 3 is 2.78 bits per heavy atom. The van der Waals surface area contributed by atoms with Crippen LogP contribution in [0.25, 0.3) is 0 Å². The molecule has 18 heavy (non-hydrogen) atoms. The molecule has 0 spiro atoms. The molecule has 1 saturated carbocycles. The molecule has 0 atom stereocenters. The van der Waals surface area contributed by atoms with Gasteiger partial charge in [-0.3, -0.25) is 4.79 Å². The normalized spacial score (nSPS) is 14.1. The Bertz CT molecular complexity index is 500. The molecule has 0 amide bonds. The molecule has 2 rings (SSSR count). The third kappa shape index (κ3) is 3.14. The van der Waals surface area contributed by atoms with E-state index in [2.05, 4.69) is 26.8 Å². The van der Waals surface area contributed by atoms with Crippen molar-refractivity contribution in [2.24, 2.45) is 5.92 Å². The van der Waals surface area contributed by atoms with Crippen molar-refractivity contribution in [1.82, 2.24) is 0 Å². The van der Waals surface area contributed by atoms with Crippen molar-refractivity contribution in [3.63, 3.8) is 0 Å². The van der Waals surface area contributed by atoms with Crippen molar-refractivity contribution in [2.45, 2.75) is 19.8 Å². The summed E-state index contributed by atoms with van der Waals surface area (Å²) in [6.45, 7) is 3.20. The van der Waals surface area contributed by atoms with Crippen LogP contribution in [0.3, 0.4) is 0 Å². The van der Waals surface area contributed by atoms with E-state index in [1.165, 1.54) is 12.8 Å². The summed E-state index contributed by atoms with van der Waals surface area (Å²) in [6, 6.07) is 5.82. The van der Waals surface area contributed by atoms with Crippen LogP contribution >= 0.6 is 15.9 Å². The van der Waals surface area contributed by atoms with E-state index in [1.54, 1.807) is 6.92 Å². The molecule has 0 N–H and O–H groups in total. The number of rotatable bonds is 5. The van der Waals surface area contributed by atoms with Crippen molar-refractivity contribution in [3.8, 4) is 12.3 Å². The van der Waals surface area contributed by atoms with Crippen molar-refractivity contribution in [1.29, 1.82) is 0 Å². The van der Waals surface area contributed by atoms with E-state index in [4.69, 9.17) is 6.42 Å². The van der Waals surface area contributed by atoms with Crippen LogP contribution in [0, 0.1) is 18.3 Å². The van der Waals surface area contributed by atoms with E-state index in [0.717, 1.165) is 22.6 Å². The first kappa shape index (κ1) is 13.2. The van der Waals surface area contributed by atoms with Crippen LogP contribution in [0.1, 0.15) is 30.1 Å². The van der Waals surface area contributed by atoms with Gasteiger partial charge in [0.05, 0.1) is 6.54 Å². The van der Waals surface area contributed by atoms with E-state index in [0.29, 0.717) is 12.1 Å². The molecule has 1 fully saturated rings. The Hall–Kier alpha value is -1.27. The van der Waals surface area contributed by atoms with Crippen molar-refractivity contribution in [2.75, 3.05) is 18.0 Å². The number of terminal acetylenes is 1. The highest BCUT2D eigenvalue weighted by atomic mass is 79.9. The second-order valence-electron chi connectivity index (χ2n) is 4.75. The highest BCUT2D eigenvalue weighted by Crippen LogP contribution is 2.32. The van der Waals surface area contributed by atoms with Gasteiger partial charge >= 0.3 is 0 Å². The predicted molar refractivity (Wildman–Crippen MR) is 77.9 cm³/mol. The van der Waals surface area contributed by atoms with Crippen LogP contribution in [0.2, 0.25) is 0 Å². The average molecular weight is 306 g/mol. The fourth-order valence-corrected chi connectivity index (χ4v) is 2.62. The molecule has 0 heterocycles. The number of hydrogen-bond acceptors (Lipinski definition) is 2. The summed E-state index contributed by atoms with van der Waals surface area (Å²) >= 11 is 3.45. The molecule has 3 heteroatoms. The molecule has 0 aliphatic heterocycles. The van der Waals surface area contributed by atoms with Gasteiger partial charge < -0.3 is 4.90 Å². The van der Waals surface area contributed by atoms with Crippen molar-refractivity contribution < 1.29 is 4.79 Å². The van der Waals surface area contributed by atoms with Gasteiger partial charge in [-0.1, -0.05) is 5.92 Å². The van der Waals surface area contributed by atoms with Gasteiger partial charge in [-0.15, -0.1) is 6.42 Å². The number of carbonyl (C=O) groups excluding carboxylic acids is 1. The molecule has 1 aliphatic rings. The van der Waals surface area contributed by atoms with Crippen LogP contribution in [-0.2, 0) is 0 Å². The molecule has 1 aliphatic carbocycles. The average Bonchev–Trinajstić information content (AvgIpc) is 3.11. The number of ketones is 1. The van der Waals surface area contributed by atoms with Gasteiger partial charge in [0.15, 0.2) is 5.78 Å². The SMILES string of the molecule is C#CCN(CC1CC1)c1ccc(C(C)=O)c(Br)c1. The number of benzene rings is 1. The summed E-state index contributed by atoms with van der Waals surface area (Å²) in [7, 11) is 0. The van der Waals surface area contributed by atoms with Crippen LogP contribution in [0.15, 0.2) is 22.7 Å². The van der Waals surface area contributed by atoms with Crippen LogP contribution in [-0.4, -0.2) is 18.9 Å². The summed E-state index contributed by atoms with van der Waals surface area (Å²) in [4.78, 5) is 13.6. The van der Waals surface area contributed by atoms with Crippen molar-refractivity contribution in [3.05, 3.63) is 28.2 Å². The standard InChI is InChI=1S/C15H16BrNO/c1-3-8-17(10-12-4-5-12)13-6-7-14(11(2)18)15(16)9-13/h1,6-7,9,12H,4-5,8,10H2,2H3. The summed E-state index contributed by atoms with van der Waals surface area (Å²) < 4.78 is 0.838. The predicted octanol–water partition coefficient (Wildman–Crippen LogP) is 3.50. The van der Waals surface area contributed by atoms with Gasteiger partial charge in [0.25, 0.3) is 0 Å². The van der Waals surface area contributed by atoms with Crippen LogP contribution in [0.4, 0.5) is 5.69 Å². The maximum Gasteiger partial charge on any atom is 0.160 e. The van der Waals surface area contributed by atoms with E-state index in [-0.39, 0.29) is 5.78 Å². The Kier molecular flexibility index (Phi) is 4.08. The highest BCUT2D eigenvalue weighted by molar-refractivity contribution is 9.10. The summed E-state index contributed by atoms with van der Waals surface area (Å²) in [6.07, 6.45) is 8.02. The molecular weight excluding hydrogens is 290 g/mol. The maximum absolute atomic E-state index is 11.4. The first-order chi connectivity index (χ1) is 8.61. The van der Waals surface area contributed by atoms with Gasteiger partial charge in [-0.25, -0.2) is 0 Å². The van der Waals surface area contributed by atoms with Gasteiger partial charge in [0.1, 0.15) is 0 Å². The second-order valence-corrected chi connectivity index (χ2v) is 5.60. The smallest absolute Gasteiger partial charge is 0.160 e. The van der Waals surface area contributed by atoms with E-state index >= 15 is 0 Å². The lowest BCUT2D eigenvalue weighted by Gasteiger charge is -2.23. The minimum Gasteiger partial charge on any atom is -0.360 e. The number of Topliss-reactive ketones (excluding diaryl/α,β-unsaturated/α-hetero) is 1. The molecule has 0 aromatic heterocycles. The topological polar surface area (TPSA) is 20.3 Å². The number of anilines is 1. The minimum absolute atomic E-state index is 0.0686. The Morgan fingerprint density at radius 2 is 2.28 bits per heavy atom. The maximum atomic E-state index is 11.4. The molecule has 0 unspecified atom stereocenters. The Morgan fingerprint density at radius 1 is 1.56 bits per heavy atom. The Labute approximate surface area is 116 Å². The minimum atomic E-state index is 0.0686. The molecule has 94 valence electrons. The number of nitrogens with zero attached hydrogens (tertiary/aromatic N) is 1. The van der Waals surface area contributed by atoms with Crippen LogP contribution in [0.5, 0.6) is 0 Å². The van der Waals surface area contributed by atoms with Gasteiger partial charge in [0.2, 0.25) is 0 Å². The molecule has 2 nitrogen and oxygen atoms in total. The third-order valence-corrected chi connectivity index (χ3v) is 3.81. The van der Waals surface area contributed by atoms with Crippen LogP contribution < -0.4 is 4.90 Å². The molecular formula is C15H16BrNO. The fraction of sp³-hybridized carbons (Fsp3) is 0.400. The largest absolute Gasteiger partial charge is 0.360 e. The number of halogens is 1. The monoisotopic (exact) mass is 305 g/mol. The molecule has 0 radical (unpaired) electrons. The lowest BCUT2D eigenvalue weighted by Crippen LogP contribution is -2.26. The van der Waals surface area contributed by atoms with Gasteiger partial charge in [-0.05, 0) is 59.8 Å². The summed E-state index contributed by atoms with van der Waals surface area (Å²) in [5.41, 5.74) is 1.79. The van der Waals surface area contributed by atoms with Gasteiger partial charge in [0, 0.05) is 22.3 Å². The third-order valence-electron chi connectivity index (χ3n) is 3.15. The summed E-state index contributed by atoms with van der Waals surface area (Å²) in [5.74, 6) is 3.55. The lowest BCUT2D eigenvalue weighted by molar-refractivity contribution is 0.101. The van der Waals surface area contributed by atoms with E-state index in [9.17, 15) is 4.79 Å².